The molecule has 0 aliphatic rings. The zero-order valence-electron chi connectivity index (χ0n) is 27.0. The third-order valence-corrected chi connectivity index (χ3v) is 10.3. The van der Waals surface area contributed by atoms with Crippen molar-refractivity contribution in [2.75, 3.05) is 30.8 Å². The Balaban J connectivity index is 1.27. The molecule has 0 aliphatic heterocycles. The quantitative estimate of drug-likeness (QED) is 0.112. The Morgan fingerprint density at radius 1 is 0.920 bits per heavy atom. The van der Waals surface area contributed by atoms with E-state index < -0.39 is 34.2 Å². The lowest BCUT2D eigenvalue weighted by atomic mass is 10.1. The van der Waals surface area contributed by atoms with Crippen molar-refractivity contribution in [2.24, 2.45) is 0 Å². The van der Waals surface area contributed by atoms with Crippen molar-refractivity contribution in [3.05, 3.63) is 112 Å². The number of halogens is 1. The summed E-state index contributed by atoms with van der Waals surface area (Å²) in [5, 5.41) is 6.51. The van der Waals surface area contributed by atoms with Crippen molar-refractivity contribution in [3.63, 3.8) is 0 Å². The molecule has 5 rings (SSSR count). The van der Waals surface area contributed by atoms with Crippen LogP contribution in [-0.2, 0) is 37.2 Å². The first kappa shape index (κ1) is 36.3. The first-order chi connectivity index (χ1) is 24.1. The van der Waals surface area contributed by atoms with E-state index in [2.05, 4.69) is 15.6 Å². The molecule has 50 heavy (non-hydrogen) atoms. The number of para-hydroxylation sites is 1. The van der Waals surface area contributed by atoms with Gasteiger partial charge >= 0.3 is 5.97 Å². The maximum Gasteiger partial charge on any atom is 0.325 e. The van der Waals surface area contributed by atoms with Gasteiger partial charge in [-0.15, -0.1) is 11.3 Å². The van der Waals surface area contributed by atoms with Gasteiger partial charge in [0, 0.05) is 10.6 Å². The SMILES string of the molecule is CCOC(=O)CNC(=O)COc1ccc(CCCS(=O)(=O)c2ccc(Cl)cc2)cc1NC(=O)c1cccc(OCc2nc3ccccc3s2)c1. The second-order valence-corrected chi connectivity index (χ2v) is 14.6. The van der Waals surface area contributed by atoms with Crippen LogP contribution in [0.4, 0.5) is 5.69 Å². The number of thiazole rings is 1. The number of ether oxygens (including phenoxy) is 3. The Bertz CT molecular complexity index is 2050. The minimum absolute atomic E-state index is 0.0982. The van der Waals surface area contributed by atoms with E-state index in [0.29, 0.717) is 29.2 Å². The fourth-order valence-electron chi connectivity index (χ4n) is 4.81. The molecule has 0 aliphatic carbocycles. The number of amides is 2. The summed E-state index contributed by atoms with van der Waals surface area (Å²) in [4.78, 5) is 42.2. The van der Waals surface area contributed by atoms with Crippen molar-refractivity contribution in [1.82, 2.24) is 10.3 Å². The number of aromatic nitrogens is 1. The molecular weight excluding hydrogens is 702 g/mol. The Morgan fingerprint density at radius 2 is 1.72 bits per heavy atom. The number of nitrogens with zero attached hydrogens (tertiary/aromatic N) is 1. The van der Waals surface area contributed by atoms with Crippen molar-refractivity contribution in [3.8, 4) is 11.5 Å². The lowest BCUT2D eigenvalue weighted by molar-refractivity contribution is -0.143. The van der Waals surface area contributed by atoms with Crippen LogP contribution in [0.1, 0.15) is 34.3 Å². The number of esters is 1. The van der Waals surface area contributed by atoms with Crippen molar-refractivity contribution < 1.29 is 37.0 Å². The van der Waals surface area contributed by atoms with E-state index in [1.54, 1.807) is 49.4 Å². The van der Waals surface area contributed by atoms with Crippen LogP contribution in [0, 0.1) is 0 Å². The van der Waals surface area contributed by atoms with Crippen LogP contribution < -0.4 is 20.1 Å². The molecule has 0 saturated carbocycles. The molecule has 11 nitrogen and oxygen atoms in total. The number of fused-ring (bicyclic) bond motifs is 1. The number of nitrogens with one attached hydrogen (secondary N) is 2. The molecule has 0 radical (unpaired) electrons. The maximum absolute atomic E-state index is 13.5. The van der Waals surface area contributed by atoms with Gasteiger partial charge in [-0.2, -0.15) is 0 Å². The van der Waals surface area contributed by atoms with Crippen LogP contribution in [0.2, 0.25) is 5.02 Å². The van der Waals surface area contributed by atoms with E-state index in [1.807, 2.05) is 24.3 Å². The third-order valence-electron chi connectivity index (χ3n) is 7.23. The number of anilines is 1. The van der Waals surface area contributed by atoms with E-state index in [9.17, 15) is 22.8 Å². The summed E-state index contributed by atoms with van der Waals surface area (Å²) in [7, 11) is -3.53. The number of hydrogen-bond acceptors (Lipinski definition) is 10. The molecule has 0 unspecified atom stereocenters. The molecule has 5 aromatic rings. The number of hydrogen-bond donors (Lipinski definition) is 2. The summed E-state index contributed by atoms with van der Waals surface area (Å²) in [6.45, 7) is 1.33. The monoisotopic (exact) mass is 735 g/mol. The number of carbonyl (C=O) groups is 3. The minimum Gasteiger partial charge on any atom is -0.486 e. The van der Waals surface area contributed by atoms with E-state index in [1.165, 1.54) is 35.6 Å². The van der Waals surface area contributed by atoms with E-state index in [0.717, 1.165) is 20.8 Å². The van der Waals surface area contributed by atoms with E-state index in [-0.39, 0.29) is 41.8 Å². The van der Waals surface area contributed by atoms with Gasteiger partial charge in [0.05, 0.1) is 33.2 Å². The number of benzene rings is 4. The molecule has 260 valence electrons. The molecule has 2 N–H and O–H groups in total. The molecule has 0 atom stereocenters. The predicted octanol–water partition coefficient (Wildman–Crippen LogP) is 6.25. The molecule has 2 amide bonds. The molecular formula is C36H34ClN3O8S2. The Labute approximate surface area is 298 Å². The van der Waals surface area contributed by atoms with Crippen LogP contribution >= 0.6 is 22.9 Å². The van der Waals surface area contributed by atoms with Crippen LogP contribution in [0.3, 0.4) is 0 Å². The molecule has 0 spiro atoms. The summed E-state index contributed by atoms with van der Waals surface area (Å²) >= 11 is 7.43. The second-order valence-electron chi connectivity index (χ2n) is 10.9. The van der Waals surface area contributed by atoms with Crippen LogP contribution in [0.15, 0.2) is 95.9 Å². The number of sulfone groups is 1. The Morgan fingerprint density at radius 3 is 2.50 bits per heavy atom. The molecule has 0 saturated heterocycles. The first-order valence-electron chi connectivity index (χ1n) is 15.6. The normalized spacial score (nSPS) is 11.2. The summed E-state index contributed by atoms with van der Waals surface area (Å²) < 4.78 is 43.2. The molecule has 14 heteroatoms. The van der Waals surface area contributed by atoms with Crippen LogP contribution in [0.5, 0.6) is 11.5 Å². The average molecular weight is 736 g/mol. The predicted molar refractivity (Wildman–Crippen MR) is 192 cm³/mol. The fraction of sp³-hybridized carbons (Fsp3) is 0.222. The highest BCUT2D eigenvalue weighted by molar-refractivity contribution is 7.91. The van der Waals surface area contributed by atoms with Crippen molar-refractivity contribution in [2.45, 2.75) is 31.3 Å². The van der Waals surface area contributed by atoms with Gasteiger partial charge in [-0.05, 0) is 92.1 Å². The number of rotatable bonds is 16. The van der Waals surface area contributed by atoms with Crippen molar-refractivity contribution in [1.29, 1.82) is 0 Å². The largest absolute Gasteiger partial charge is 0.486 e. The zero-order chi connectivity index (χ0) is 35.5. The zero-order valence-corrected chi connectivity index (χ0v) is 29.4. The highest BCUT2D eigenvalue weighted by Crippen LogP contribution is 2.29. The minimum atomic E-state index is -3.53. The van der Waals surface area contributed by atoms with Gasteiger partial charge in [0.2, 0.25) is 0 Å². The van der Waals surface area contributed by atoms with E-state index >= 15 is 0 Å². The third kappa shape index (κ3) is 10.3. The standard InChI is InChI=1S/C36H34ClN3O8S2/c1-2-46-35(42)21-38-33(41)22-48-31-17-12-24(7-6-18-50(44,45)28-15-13-26(37)14-16-28)19-30(31)40-36(43)25-8-5-9-27(20-25)47-23-34-39-29-10-3-4-11-32(29)49-34/h3-5,8-17,19-20H,2,6-7,18,21-23H2,1H3,(H,38,41)(H,40,43). The molecule has 1 aromatic heterocycles. The average Bonchev–Trinajstić information content (AvgIpc) is 3.53. The maximum atomic E-state index is 13.5. The van der Waals surface area contributed by atoms with Gasteiger partial charge < -0.3 is 24.8 Å². The second kappa shape index (κ2) is 17.1. The summed E-state index contributed by atoms with van der Waals surface area (Å²) in [5.74, 6) is -1.03. The lowest BCUT2D eigenvalue weighted by Gasteiger charge is -2.15. The smallest absolute Gasteiger partial charge is 0.325 e. The fourth-order valence-corrected chi connectivity index (χ4v) is 7.13. The number of aryl methyl sites for hydroxylation is 1. The van der Waals surface area contributed by atoms with Gasteiger partial charge in [0.15, 0.2) is 16.4 Å². The van der Waals surface area contributed by atoms with Crippen LogP contribution in [-0.4, -0.2) is 56.7 Å². The first-order valence-corrected chi connectivity index (χ1v) is 18.5. The molecule has 1 heterocycles. The van der Waals surface area contributed by atoms with Crippen LogP contribution in [0.25, 0.3) is 10.2 Å². The van der Waals surface area contributed by atoms with Gasteiger partial charge in [-0.25, -0.2) is 13.4 Å². The summed E-state index contributed by atoms with van der Waals surface area (Å²) in [5.41, 5.74) is 2.21. The Kier molecular flexibility index (Phi) is 12.4. The summed E-state index contributed by atoms with van der Waals surface area (Å²) in [6, 6.07) is 25.5. The molecule has 0 fully saturated rings. The topological polar surface area (TPSA) is 150 Å². The van der Waals surface area contributed by atoms with Gasteiger partial charge in [-0.1, -0.05) is 35.9 Å². The highest BCUT2D eigenvalue weighted by Gasteiger charge is 2.17. The Hall–Kier alpha value is -4.98. The summed E-state index contributed by atoms with van der Waals surface area (Å²) in [6.07, 6.45) is 0.688. The molecule has 0 bridgehead atoms. The van der Waals surface area contributed by atoms with E-state index in [4.69, 9.17) is 25.8 Å². The number of carbonyl (C=O) groups excluding carboxylic acids is 3. The van der Waals surface area contributed by atoms with Gasteiger partial charge in [0.25, 0.3) is 11.8 Å². The van der Waals surface area contributed by atoms with Crippen molar-refractivity contribution >= 4 is 66.5 Å². The molecule has 4 aromatic carbocycles. The lowest BCUT2D eigenvalue weighted by Crippen LogP contribution is -2.34. The van der Waals surface area contributed by atoms with Gasteiger partial charge in [-0.3, -0.25) is 14.4 Å². The van der Waals surface area contributed by atoms with Gasteiger partial charge in [0.1, 0.15) is 29.7 Å². The highest BCUT2D eigenvalue weighted by atomic mass is 35.5.